The first-order valence-electron chi connectivity index (χ1n) is 5.75. The van der Waals surface area contributed by atoms with Gasteiger partial charge in [-0.15, -0.1) is 0 Å². The van der Waals surface area contributed by atoms with Crippen LogP contribution in [0.2, 0.25) is 0 Å². The van der Waals surface area contributed by atoms with Crippen LogP contribution in [-0.4, -0.2) is 23.9 Å². The van der Waals surface area contributed by atoms with Crippen molar-refractivity contribution in [2.75, 3.05) is 4.72 Å². The number of nitrogens with zero attached hydrogens (tertiary/aromatic N) is 2. The van der Waals surface area contributed by atoms with Gasteiger partial charge in [0, 0.05) is 18.9 Å². The lowest BCUT2D eigenvalue weighted by atomic mass is 10.1. The fraction of sp³-hybridized carbons (Fsp3) is 0.167. The second-order valence-corrected chi connectivity index (χ2v) is 5.95. The maximum Gasteiger partial charge on any atom is 0.280 e. The maximum absolute atomic E-state index is 12.0. The van der Waals surface area contributed by atoms with Crippen LogP contribution in [0.5, 0.6) is 0 Å². The Labute approximate surface area is 116 Å². The molecular weight excluding hydrogens is 280 g/mol. The number of carbonyl (C=O) groups is 1. The smallest absolute Gasteiger partial charge is 0.280 e. The normalized spacial score (nSPS) is 11.2. The van der Waals surface area contributed by atoms with Crippen molar-refractivity contribution in [3.05, 3.63) is 42.4 Å². The molecule has 0 aliphatic rings. The van der Waals surface area contributed by atoms with Crippen molar-refractivity contribution in [3.63, 3.8) is 0 Å². The summed E-state index contributed by atoms with van der Waals surface area (Å²) in [4.78, 5) is 14.6. The van der Waals surface area contributed by atoms with Gasteiger partial charge in [0.2, 0.25) is 5.91 Å². The van der Waals surface area contributed by atoms with E-state index in [1.165, 1.54) is 12.5 Å². The summed E-state index contributed by atoms with van der Waals surface area (Å²) in [6, 6.07) is 6.42. The first-order chi connectivity index (χ1) is 9.37. The van der Waals surface area contributed by atoms with Gasteiger partial charge in [-0.25, -0.2) is 4.98 Å². The maximum atomic E-state index is 12.0. The molecule has 0 spiro atoms. The summed E-state index contributed by atoms with van der Waals surface area (Å²) < 4.78 is 28.0. The highest BCUT2D eigenvalue weighted by Crippen LogP contribution is 2.15. The molecule has 0 aliphatic heterocycles. The number of imidazole rings is 1. The van der Waals surface area contributed by atoms with Crippen molar-refractivity contribution in [2.45, 2.75) is 11.4 Å². The number of carbonyl (C=O) groups excluding carboxylic acids is 1. The number of aryl methyl sites for hydroxylation is 1. The molecule has 7 nitrogen and oxygen atoms in total. The predicted octanol–water partition coefficient (Wildman–Crippen LogP) is 0.249. The molecule has 0 radical (unpaired) electrons. The van der Waals surface area contributed by atoms with Gasteiger partial charge in [0.25, 0.3) is 10.0 Å². The lowest BCUT2D eigenvalue weighted by molar-refractivity contribution is -0.117. The van der Waals surface area contributed by atoms with E-state index in [2.05, 4.69) is 9.71 Å². The molecule has 0 bridgehead atoms. The number of nitrogens with two attached hydrogens (primary N) is 1. The molecule has 2 rings (SSSR count). The molecule has 1 aromatic heterocycles. The lowest BCUT2D eigenvalue weighted by Crippen LogP contribution is -2.14. The number of hydrogen-bond acceptors (Lipinski definition) is 4. The molecule has 0 saturated heterocycles. The minimum atomic E-state index is -3.70. The average molecular weight is 294 g/mol. The van der Waals surface area contributed by atoms with Crippen molar-refractivity contribution in [1.82, 2.24) is 9.55 Å². The standard InChI is InChI=1S/C12H14N4O3S/c1-16-7-12(14-8-16)20(18,19)15-10-4-2-9(3-5-10)6-11(13)17/h2-5,7-8,15H,6H2,1H3,(H2,13,17). The number of anilines is 1. The Bertz CT molecular complexity index is 719. The molecule has 2 aromatic rings. The van der Waals surface area contributed by atoms with E-state index >= 15 is 0 Å². The Hall–Kier alpha value is -2.35. The summed E-state index contributed by atoms with van der Waals surface area (Å²) in [6.45, 7) is 0. The Morgan fingerprint density at radius 3 is 2.50 bits per heavy atom. The van der Waals surface area contributed by atoms with Crippen LogP contribution in [0.1, 0.15) is 5.56 Å². The summed E-state index contributed by atoms with van der Waals surface area (Å²) in [7, 11) is -2.02. The second kappa shape index (κ2) is 5.33. The van der Waals surface area contributed by atoms with Crippen LogP contribution < -0.4 is 10.5 Å². The number of aromatic nitrogens is 2. The summed E-state index contributed by atoms with van der Waals surface area (Å²) in [5.74, 6) is -0.438. The number of nitrogens with one attached hydrogen (secondary N) is 1. The van der Waals surface area contributed by atoms with Gasteiger partial charge < -0.3 is 10.3 Å². The van der Waals surface area contributed by atoms with E-state index in [0.29, 0.717) is 5.69 Å². The average Bonchev–Trinajstić information content (AvgIpc) is 2.78. The van der Waals surface area contributed by atoms with Crippen molar-refractivity contribution in [1.29, 1.82) is 0 Å². The molecule has 20 heavy (non-hydrogen) atoms. The number of rotatable bonds is 5. The Balaban J connectivity index is 2.15. The summed E-state index contributed by atoms with van der Waals surface area (Å²) >= 11 is 0. The van der Waals surface area contributed by atoms with E-state index in [0.717, 1.165) is 5.56 Å². The van der Waals surface area contributed by atoms with Crippen LogP contribution >= 0.6 is 0 Å². The Morgan fingerprint density at radius 1 is 1.35 bits per heavy atom. The van der Waals surface area contributed by atoms with E-state index < -0.39 is 15.9 Å². The number of benzene rings is 1. The summed E-state index contributed by atoms with van der Waals surface area (Å²) in [6.07, 6.45) is 2.93. The predicted molar refractivity (Wildman–Crippen MR) is 73.4 cm³/mol. The van der Waals surface area contributed by atoms with Crippen LogP contribution in [0, 0.1) is 0 Å². The molecule has 8 heteroatoms. The van der Waals surface area contributed by atoms with Gasteiger partial charge in [0.15, 0.2) is 5.03 Å². The third kappa shape index (κ3) is 3.35. The molecule has 0 aliphatic carbocycles. The highest BCUT2D eigenvalue weighted by Gasteiger charge is 2.16. The Morgan fingerprint density at radius 2 is 2.00 bits per heavy atom. The van der Waals surface area contributed by atoms with Gasteiger partial charge in [-0.2, -0.15) is 8.42 Å². The van der Waals surface area contributed by atoms with Crippen molar-refractivity contribution in [3.8, 4) is 0 Å². The molecule has 106 valence electrons. The van der Waals surface area contributed by atoms with Gasteiger partial charge in [0.05, 0.1) is 12.7 Å². The number of amides is 1. The van der Waals surface area contributed by atoms with Gasteiger partial charge in [-0.05, 0) is 17.7 Å². The zero-order valence-corrected chi connectivity index (χ0v) is 11.6. The fourth-order valence-electron chi connectivity index (χ4n) is 1.63. The number of sulfonamides is 1. The molecule has 0 atom stereocenters. The topological polar surface area (TPSA) is 107 Å². The number of hydrogen-bond donors (Lipinski definition) is 2. The first kappa shape index (κ1) is 14.1. The highest BCUT2D eigenvalue weighted by molar-refractivity contribution is 7.92. The molecule has 0 saturated carbocycles. The minimum Gasteiger partial charge on any atom is -0.369 e. The molecule has 1 amide bonds. The zero-order valence-electron chi connectivity index (χ0n) is 10.8. The second-order valence-electron chi connectivity index (χ2n) is 4.32. The van der Waals surface area contributed by atoms with E-state index in [4.69, 9.17) is 5.73 Å². The van der Waals surface area contributed by atoms with Gasteiger partial charge in [-0.3, -0.25) is 9.52 Å². The van der Waals surface area contributed by atoms with Crippen LogP contribution in [-0.2, 0) is 28.3 Å². The SMILES string of the molecule is Cn1cnc(S(=O)(=O)Nc2ccc(CC(N)=O)cc2)c1. The summed E-state index contributed by atoms with van der Waals surface area (Å²) in [5.41, 5.74) is 6.19. The third-order valence-corrected chi connectivity index (χ3v) is 3.81. The van der Waals surface area contributed by atoms with E-state index in [9.17, 15) is 13.2 Å². The monoisotopic (exact) mass is 294 g/mol. The Kier molecular flexibility index (Phi) is 3.75. The van der Waals surface area contributed by atoms with Crippen LogP contribution in [0.3, 0.4) is 0 Å². The molecule has 3 N–H and O–H groups in total. The quantitative estimate of drug-likeness (QED) is 0.824. The van der Waals surface area contributed by atoms with Gasteiger partial charge in [0.1, 0.15) is 0 Å². The van der Waals surface area contributed by atoms with Crippen LogP contribution in [0.15, 0.2) is 41.8 Å². The van der Waals surface area contributed by atoms with Gasteiger partial charge >= 0.3 is 0 Å². The molecular formula is C12H14N4O3S. The van der Waals surface area contributed by atoms with E-state index in [1.807, 2.05) is 0 Å². The van der Waals surface area contributed by atoms with E-state index in [-0.39, 0.29) is 11.4 Å². The van der Waals surface area contributed by atoms with E-state index in [1.54, 1.807) is 35.9 Å². The van der Waals surface area contributed by atoms with Crippen LogP contribution in [0.4, 0.5) is 5.69 Å². The first-order valence-corrected chi connectivity index (χ1v) is 7.23. The highest BCUT2D eigenvalue weighted by atomic mass is 32.2. The summed E-state index contributed by atoms with van der Waals surface area (Å²) in [5, 5.41) is -0.0544. The molecule has 1 aromatic carbocycles. The van der Waals surface area contributed by atoms with Crippen molar-refractivity contribution in [2.24, 2.45) is 12.8 Å². The van der Waals surface area contributed by atoms with Crippen LogP contribution in [0.25, 0.3) is 0 Å². The molecule has 0 fully saturated rings. The van der Waals surface area contributed by atoms with Crippen molar-refractivity contribution < 1.29 is 13.2 Å². The van der Waals surface area contributed by atoms with Crippen molar-refractivity contribution >= 4 is 21.6 Å². The fourth-order valence-corrected chi connectivity index (χ4v) is 2.67. The lowest BCUT2D eigenvalue weighted by Gasteiger charge is -2.06. The largest absolute Gasteiger partial charge is 0.369 e. The number of primary amides is 1. The molecule has 1 heterocycles. The molecule has 0 unspecified atom stereocenters. The third-order valence-electron chi connectivity index (χ3n) is 2.54. The van der Waals surface area contributed by atoms with Gasteiger partial charge in [-0.1, -0.05) is 12.1 Å². The zero-order chi connectivity index (χ0) is 14.8. The minimum absolute atomic E-state index is 0.0544.